The molecule has 0 atom stereocenters. The van der Waals surface area contributed by atoms with Gasteiger partial charge in [0.05, 0.1) is 5.75 Å². The minimum Gasteiger partial charge on any atom is -0.257 e. The molecule has 96 valence electrons. The standard InChI is InChI=1S/C10H11N3O2S3/c1-16-10-12-11-9(17-10)13-18(14,15)7-8-5-3-2-4-6-8/h2-6H,7H2,1H3,(H,11,13). The molecule has 0 aliphatic carbocycles. The SMILES string of the molecule is CSc1nnc(NS(=O)(=O)Cc2ccccc2)s1. The smallest absolute Gasteiger partial charge is 0.238 e. The van der Waals surface area contributed by atoms with E-state index in [0.29, 0.717) is 5.13 Å². The summed E-state index contributed by atoms with van der Waals surface area (Å²) >= 11 is 2.65. The lowest BCUT2D eigenvalue weighted by molar-refractivity contribution is 0.600. The first-order valence-electron chi connectivity index (χ1n) is 5.01. The summed E-state index contributed by atoms with van der Waals surface area (Å²) in [4.78, 5) is 0. The maximum Gasteiger partial charge on any atom is 0.238 e. The average molecular weight is 301 g/mol. The van der Waals surface area contributed by atoms with E-state index < -0.39 is 10.0 Å². The second-order valence-corrected chi connectivity index (χ2v) is 7.18. The lowest BCUT2D eigenvalue weighted by Crippen LogP contribution is -2.14. The highest BCUT2D eigenvalue weighted by atomic mass is 32.2. The van der Waals surface area contributed by atoms with Gasteiger partial charge in [-0.3, -0.25) is 4.72 Å². The Morgan fingerprint density at radius 2 is 2.00 bits per heavy atom. The molecule has 8 heteroatoms. The van der Waals surface area contributed by atoms with Gasteiger partial charge in [0.2, 0.25) is 15.2 Å². The van der Waals surface area contributed by atoms with Crippen molar-refractivity contribution in [1.82, 2.24) is 10.2 Å². The van der Waals surface area contributed by atoms with Crippen LogP contribution in [0.3, 0.4) is 0 Å². The number of aromatic nitrogens is 2. The zero-order valence-electron chi connectivity index (χ0n) is 9.53. The van der Waals surface area contributed by atoms with Crippen molar-refractivity contribution in [2.75, 3.05) is 11.0 Å². The third kappa shape index (κ3) is 3.69. The van der Waals surface area contributed by atoms with Crippen molar-refractivity contribution in [3.63, 3.8) is 0 Å². The molecule has 0 amide bonds. The molecule has 0 spiro atoms. The van der Waals surface area contributed by atoms with Crippen molar-refractivity contribution in [2.45, 2.75) is 10.1 Å². The number of nitrogens with one attached hydrogen (secondary N) is 1. The Morgan fingerprint density at radius 1 is 1.28 bits per heavy atom. The van der Waals surface area contributed by atoms with Gasteiger partial charge in [-0.05, 0) is 11.8 Å². The highest BCUT2D eigenvalue weighted by molar-refractivity contribution is 8.00. The van der Waals surface area contributed by atoms with E-state index in [9.17, 15) is 8.42 Å². The van der Waals surface area contributed by atoms with Crippen LogP contribution in [-0.4, -0.2) is 24.9 Å². The van der Waals surface area contributed by atoms with Gasteiger partial charge in [-0.1, -0.05) is 53.4 Å². The Hall–Kier alpha value is -1.12. The van der Waals surface area contributed by atoms with Crippen LogP contribution in [0.15, 0.2) is 34.7 Å². The molecular weight excluding hydrogens is 290 g/mol. The molecule has 18 heavy (non-hydrogen) atoms. The van der Waals surface area contributed by atoms with Crippen molar-refractivity contribution < 1.29 is 8.42 Å². The van der Waals surface area contributed by atoms with Crippen molar-refractivity contribution >= 4 is 38.3 Å². The number of rotatable bonds is 5. The van der Waals surface area contributed by atoms with Crippen LogP contribution >= 0.6 is 23.1 Å². The first-order valence-corrected chi connectivity index (χ1v) is 8.70. The monoisotopic (exact) mass is 301 g/mol. The molecule has 1 N–H and O–H groups in total. The number of benzene rings is 1. The predicted octanol–water partition coefficient (Wildman–Crippen LogP) is 2.20. The number of nitrogens with zero attached hydrogens (tertiary/aromatic N) is 2. The molecule has 0 aliphatic rings. The van der Waals surface area contributed by atoms with Crippen LogP contribution in [0.25, 0.3) is 0 Å². The summed E-state index contributed by atoms with van der Waals surface area (Å²) in [5, 5.41) is 7.90. The molecule has 2 aromatic rings. The van der Waals surface area contributed by atoms with Gasteiger partial charge in [-0.25, -0.2) is 8.42 Å². The van der Waals surface area contributed by atoms with Gasteiger partial charge in [0.15, 0.2) is 4.34 Å². The molecule has 1 aromatic heterocycles. The molecule has 0 bridgehead atoms. The minimum atomic E-state index is -3.43. The summed E-state index contributed by atoms with van der Waals surface area (Å²) in [5.41, 5.74) is 0.736. The summed E-state index contributed by atoms with van der Waals surface area (Å²) in [6, 6.07) is 9.00. The number of anilines is 1. The second-order valence-electron chi connectivity index (χ2n) is 3.42. The summed E-state index contributed by atoms with van der Waals surface area (Å²) in [6.07, 6.45) is 1.86. The number of hydrogen-bond acceptors (Lipinski definition) is 6. The van der Waals surface area contributed by atoms with Crippen molar-refractivity contribution in [3.05, 3.63) is 35.9 Å². The third-order valence-corrected chi connectivity index (χ3v) is 5.18. The molecule has 1 aromatic carbocycles. The zero-order valence-corrected chi connectivity index (χ0v) is 12.0. The molecular formula is C10H11N3O2S3. The lowest BCUT2D eigenvalue weighted by atomic mass is 10.2. The number of thioether (sulfide) groups is 1. The summed E-state index contributed by atoms with van der Waals surface area (Å²) in [5.74, 6) is -0.0674. The average Bonchev–Trinajstić information content (AvgIpc) is 2.76. The summed E-state index contributed by atoms with van der Waals surface area (Å²) in [7, 11) is -3.43. The third-order valence-electron chi connectivity index (χ3n) is 2.02. The predicted molar refractivity (Wildman–Crippen MR) is 74.4 cm³/mol. The fraction of sp³-hybridized carbons (Fsp3) is 0.200. The van der Waals surface area contributed by atoms with Crippen molar-refractivity contribution in [3.8, 4) is 0 Å². The topological polar surface area (TPSA) is 72.0 Å². The van der Waals surface area contributed by atoms with Gasteiger partial charge in [0.1, 0.15) is 0 Å². The van der Waals surface area contributed by atoms with E-state index in [-0.39, 0.29) is 5.75 Å². The van der Waals surface area contributed by atoms with E-state index in [2.05, 4.69) is 14.9 Å². The molecule has 2 rings (SSSR count). The zero-order chi connectivity index (χ0) is 13.0. The van der Waals surface area contributed by atoms with E-state index in [1.54, 1.807) is 12.1 Å². The van der Waals surface area contributed by atoms with Crippen LogP contribution in [0.5, 0.6) is 0 Å². The Morgan fingerprint density at radius 3 is 2.61 bits per heavy atom. The Bertz CT molecular complexity index is 610. The van der Waals surface area contributed by atoms with Crippen LogP contribution < -0.4 is 4.72 Å². The number of hydrogen-bond donors (Lipinski definition) is 1. The minimum absolute atomic E-state index is 0.0674. The van der Waals surface area contributed by atoms with Crippen molar-refractivity contribution in [2.24, 2.45) is 0 Å². The van der Waals surface area contributed by atoms with E-state index >= 15 is 0 Å². The van der Waals surface area contributed by atoms with E-state index in [1.807, 2.05) is 24.5 Å². The Kier molecular flexibility index (Phi) is 4.20. The molecule has 0 aliphatic heterocycles. The van der Waals surface area contributed by atoms with Gasteiger partial charge in [0, 0.05) is 0 Å². The highest BCUT2D eigenvalue weighted by Crippen LogP contribution is 2.24. The maximum absolute atomic E-state index is 11.9. The quantitative estimate of drug-likeness (QED) is 0.857. The van der Waals surface area contributed by atoms with Gasteiger partial charge in [-0.2, -0.15) is 0 Å². The van der Waals surface area contributed by atoms with E-state index in [0.717, 1.165) is 9.90 Å². The van der Waals surface area contributed by atoms with Crippen LogP contribution in [-0.2, 0) is 15.8 Å². The van der Waals surface area contributed by atoms with Gasteiger partial charge < -0.3 is 0 Å². The molecule has 0 unspecified atom stereocenters. The van der Waals surface area contributed by atoms with Gasteiger partial charge >= 0.3 is 0 Å². The summed E-state index contributed by atoms with van der Waals surface area (Å²) in [6.45, 7) is 0. The molecule has 1 heterocycles. The van der Waals surface area contributed by atoms with Gasteiger partial charge in [0.25, 0.3) is 0 Å². The van der Waals surface area contributed by atoms with Crippen LogP contribution in [0.4, 0.5) is 5.13 Å². The van der Waals surface area contributed by atoms with Crippen molar-refractivity contribution in [1.29, 1.82) is 0 Å². The lowest BCUT2D eigenvalue weighted by Gasteiger charge is -2.04. The van der Waals surface area contributed by atoms with Crippen LogP contribution in [0.1, 0.15) is 5.56 Å². The molecule has 5 nitrogen and oxygen atoms in total. The number of sulfonamides is 1. The van der Waals surface area contributed by atoms with Gasteiger partial charge in [-0.15, -0.1) is 10.2 Å². The highest BCUT2D eigenvalue weighted by Gasteiger charge is 2.14. The molecule has 0 radical (unpaired) electrons. The fourth-order valence-corrected chi connectivity index (χ4v) is 3.88. The normalized spacial score (nSPS) is 11.4. The maximum atomic E-state index is 11.9. The van der Waals surface area contributed by atoms with E-state index in [1.165, 1.54) is 23.1 Å². The Balaban J connectivity index is 2.08. The van der Waals surface area contributed by atoms with E-state index in [4.69, 9.17) is 0 Å². The fourth-order valence-electron chi connectivity index (χ4n) is 1.30. The van der Waals surface area contributed by atoms with Crippen LogP contribution in [0, 0.1) is 0 Å². The molecule has 0 saturated carbocycles. The van der Waals surface area contributed by atoms with Crippen LogP contribution in [0.2, 0.25) is 0 Å². The first-order chi connectivity index (χ1) is 8.59. The Labute approximate surface area is 114 Å². The largest absolute Gasteiger partial charge is 0.257 e. The molecule has 0 saturated heterocycles. The summed E-state index contributed by atoms with van der Waals surface area (Å²) < 4.78 is 26.9. The first kappa shape index (κ1) is 13.3. The second kappa shape index (κ2) is 5.68. The molecule has 0 fully saturated rings.